The fourth-order valence-electron chi connectivity index (χ4n) is 4.01. The molecule has 0 aliphatic heterocycles. The van der Waals surface area contributed by atoms with Crippen molar-refractivity contribution in [2.24, 2.45) is 0 Å². The molecule has 0 saturated carbocycles. The van der Waals surface area contributed by atoms with Crippen molar-refractivity contribution in [3.05, 3.63) is 97.5 Å². The van der Waals surface area contributed by atoms with Gasteiger partial charge in [0.1, 0.15) is 6.54 Å². The van der Waals surface area contributed by atoms with Gasteiger partial charge < -0.3 is 9.88 Å². The normalized spacial score (nSPS) is 11.2. The Morgan fingerprint density at radius 1 is 0.882 bits per heavy atom. The third-order valence-electron chi connectivity index (χ3n) is 5.62. The third-order valence-corrected chi connectivity index (χ3v) is 5.62. The van der Waals surface area contributed by atoms with Gasteiger partial charge in [-0.05, 0) is 53.9 Å². The zero-order valence-corrected chi connectivity index (χ0v) is 18.0. The first-order valence-electron chi connectivity index (χ1n) is 10.8. The van der Waals surface area contributed by atoms with E-state index in [4.69, 9.17) is 5.10 Å². The van der Waals surface area contributed by atoms with Crippen molar-refractivity contribution in [1.29, 1.82) is 0 Å². The molecule has 8 nitrogen and oxygen atoms in total. The number of carbonyl (C=O) groups excluding carboxylic acids is 1. The van der Waals surface area contributed by atoms with Crippen LogP contribution in [0.5, 0.6) is 0 Å². The topological polar surface area (TPSA) is 90.0 Å². The van der Waals surface area contributed by atoms with Crippen LogP contribution in [0.2, 0.25) is 0 Å². The van der Waals surface area contributed by atoms with Crippen LogP contribution in [0.4, 0.5) is 5.69 Å². The van der Waals surface area contributed by atoms with Crippen LogP contribution in [-0.4, -0.2) is 35.3 Å². The van der Waals surface area contributed by atoms with Gasteiger partial charge in [0.05, 0.1) is 5.69 Å². The molecule has 1 amide bonds. The Kier molecular flexibility index (Phi) is 4.81. The van der Waals surface area contributed by atoms with Crippen molar-refractivity contribution < 1.29 is 4.79 Å². The smallest absolute Gasteiger partial charge is 0.244 e. The molecule has 6 aromatic rings. The zero-order valence-electron chi connectivity index (χ0n) is 18.0. The minimum atomic E-state index is -0.0976. The number of aromatic nitrogens is 6. The molecule has 2 aromatic carbocycles. The van der Waals surface area contributed by atoms with E-state index in [1.807, 2.05) is 89.6 Å². The van der Waals surface area contributed by atoms with Crippen LogP contribution in [0.3, 0.4) is 0 Å². The van der Waals surface area contributed by atoms with Crippen molar-refractivity contribution in [2.45, 2.75) is 6.54 Å². The van der Waals surface area contributed by atoms with Gasteiger partial charge in [0.15, 0.2) is 11.5 Å². The minimum absolute atomic E-state index is 0.0976. The number of amides is 1. The van der Waals surface area contributed by atoms with Gasteiger partial charge in [-0.25, -0.2) is 0 Å². The van der Waals surface area contributed by atoms with Crippen molar-refractivity contribution in [3.8, 4) is 22.6 Å². The molecule has 0 bridgehead atoms. The molecule has 0 atom stereocenters. The number of rotatable bonds is 5. The average Bonchev–Trinajstić information content (AvgIpc) is 3.49. The van der Waals surface area contributed by atoms with Gasteiger partial charge in [-0.3, -0.25) is 9.78 Å². The standard InChI is InChI=1S/C26H19N7O/c34-25(17-32-14-12-18-5-1-2-9-23(18)32)28-21-8-3-6-19(15-21)22-10-11-24-29-30-26(33(24)31-22)20-7-4-13-27-16-20/h1-16H,17H2,(H,28,34). The minimum Gasteiger partial charge on any atom is -0.338 e. The summed E-state index contributed by atoms with van der Waals surface area (Å²) >= 11 is 0. The number of carbonyl (C=O) groups is 1. The van der Waals surface area contributed by atoms with Crippen LogP contribution >= 0.6 is 0 Å². The molecule has 0 unspecified atom stereocenters. The molecule has 1 N–H and O–H groups in total. The number of benzene rings is 2. The Labute approximate surface area is 194 Å². The van der Waals surface area contributed by atoms with Crippen LogP contribution < -0.4 is 5.32 Å². The van der Waals surface area contributed by atoms with E-state index < -0.39 is 0 Å². The summed E-state index contributed by atoms with van der Waals surface area (Å²) in [6, 6.07) is 25.2. The highest BCUT2D eigenvalue weighted by Gasteiger charge is 2.12. The van der Waals surface area contributed by atoms with Gasteiger partial charge >= 0.3 is 0 Å². The van der Waals surface area contributed by atoms with E-state index >= 15 is 0 Å². The zero-order chi connectivity index (χ0) is 22.9. The molecule has 6 rings (SSSR count). The largest absolute Gasteiger partial charge is 0.338 e. The van der Waals surface area contributed by atoms with Gasteiger partial charge in [-0.1, -0.05) is 30.3 Å². The fraction of sp³-hybridized carbons (Fsp3) is 0.0385. The number of pyridine rings is 1. The lowest BCUT2D eigenvalue weighted by atomic mass is 10.1. The Bertz CT molecular complexity index is 1640. The van der Waals surface area contributed by atoms with Gasteiger partial charge in [-0.2, -0.15) is 9.61 Å². The maximum Gasteiger partial charge on any atom is 0.244 e. The van der Waals surface area contributed by atoms with Gasteiger partial charge in [0.25, 0.3) is 0 Å². The summed E-state index contributed by atoms with van der Waals surface area (Å²) in [5.41, 5.74) is 4.82. The van der Waals surface area contributed by atoms with Crippen molar-refractivity contribution in [1.82, 2.24) is 29.4 Å². The van der Waals surface area contributed by atoms with Crippen LogP contribution in [0.25, 0.3) is 39.2 Å². The van der Waals surface area contributed by atoms with Crippen LogP contribution in [0.1, 0.15) is 0 Å². The Hall–Kier alpha value is -4.85. The summed E-state index contributed by atoms with van der Waals surface area (Å²) < 4.78 is 3.64. The van der Waals surface area contributed by atoms with Crippen LogP contribution in [0, 0.1) is 0 Å². The maximum absolute atomic E-state index is 12.7. The van der Waals surface area contributed by atoms with E-state index in [1.54, 1.807) is 16.9 Å². The second-order valence-electron chi connectivity index (χ2n) is 7.89. The number of anilines is 1. The molecule has 4 heterocycles. The molecule has 164 valence electrons. The second kappa shape index (κ2) is 8.25. The number of hydrogen-bond acceptors (Lipinski definition) is 5. The fourth-order valence-corrected chi connectivity index (χ4v) is 4.01. The molecule has 4 aromatic heterocycles. The SMILES string of the molecule is O=C(Cn1ccc2ccccc21)Nc1cccc(-c2ccc3nnc(-c4cccnc4)n3n2)c1. The second-order valence-corrected chi connectivity index (χ2v) is 7.89. The number of hydrogen-bond donors (Lipinski definition) is 1. The maximum atomic E-state index is 12.7. The first kappa shape index (κ1) is 19.8. The third kappa shape index (κ3) is 3.67. The van der Waals surface area contributed by atoms with E-state index in [0.29, 0.717) is 17.2 Å². The lowest BCUT2D eigenvalue weighted by Gasteiger charge is -2.09. The highest BCUT2D eigenvalue weighted by atomic mass is 16.1. The Morgan fingerprint density at radius 2 is 1.79 bits per heavy atom. The summed E-state index contributed by atoms with van der Waals surface area (Å²) in [6.45, 7) is 0.233. The predicted octanol–water partition coefficient (Wildman–Crippen LogP) is 4.45. The monoisotopic (exact) mass is 445 g/mol. The van der Waals surface area contributed by atoms with Gasteiger partial charge in [0, 0.05) is 40.9 Å². The molecule has 8 heteroatoms. The van der Waals surface area contributed by atoms with E-state index in [-0.39, 0.29) is 12.5 Å². The molecule has 0 aliphatic carbocycles. The van der Waals surface area contributed by atoms with E-state index in [1.165, 1.54) is 0 Å². The summed E-state index contributed by atoms with van der Waals surface area (Å²) in [4.78, 5) is 16.9. The van der Waals surface area contributed by atoms with E-state index in [9.17, 15) is 4.79 Å². The van der Waals surface area contributed by atoms with Crippen LogP contribution in [-0.2, 0) is 11.3 Å². The first-order valence-corrected chi connectivity index (χ1v) is 10.8. The van der Waals surface area contributed by atoms with E-state index in [2.05, 4.69) is 20.5 Å². The molecule has 0 fully saturated rings. The highest BCUT2D eigenvalue weighted by molar-refractivity contribution is 5.92. The van der Waals surface area contributed by atoms with Crippen molar-refractivity contribution >= 4 is 28.1 Å². The number of nitrogens with one attached hydrogen (secondary N) is 1. The molecule has 0 saturated heterocycles. The quantitative estimate of drug-likeness (QED) is 0.424. The number of nitrogens with zero attached hydrogens (tertiary/aromatic N) is 6. The molecular formula is C26H19N7O. The van der Waals surface area contributed by atoms with Crippen molar-refractivity contribution in [2.75, 3.05) is 5.32 Å². The Morgan fingerprint density at radius 3 is 2.71 bits per heavy atom. The molecule has 34 heavy (non-hydrogen) atoms. The average molecular weight is 445 g/mol. The molecule has 0 spiro atoms. The lowest BCUT2D eigenvalue weighted by Crippen LogP contribution is -2.18. The van der Waals surface area contributed by atoms with Crippen molar-refractivity contribution in [3.63, 3.8) is 0 Å². The first-order chi connectivity index (χ1) is 16.7. The van der Waals surface area contributed by atoms with Gasteiger partial charge in [0.2, 0.25) is 5.91 Å². The molecular weight excluding hydrogens is 426 g/mol. The van der Waals surface area contributed by atoms with Gasteiger partial charge in [-0.15, -0.1) is 10.2 Å². The summed E-state index contributed by atoms with van der Waals surface area (Å²) in [5, 5.41) is 17.3. The Balaban J connectivity index is 1.26. The van der Waals surface area contributed by atoms with Crippen LogP contribution in [0.15, 0.2) is 97.5 Å². The lowest BCUT2D eigenvalue weighted by molar-refractivity contribution is -0.116. The summed E-state index contributed by atoms with van der Waals surface area (Å²) in [5.74, 6) is 0.521. The summed E-state index contributed by atoms with van der Waals surface area (Å²) in [6.07, 6.45) is 5.37. The number of para-hydroxylation sites is 1. The molecule has 0 aliphatic rings. The van der Waals surface area contributed by atoms with E-state index in [0.717, 1.165) is 27.7 Å². The molecule has 0 radical (unpaired) electrons. The number of fused-ring (bicyclic) bond motifs is 2. The summed E-state index contributed by atoms with van der Waals surface area (Å²) in [7, 11) is 0. The highest BCUT2D eigenvalue weighted by Crippen LogP contribution is 2.23. The predicted molar refractivity (Wildman–Crippen MR) is 130 cm³/mol.